The Hall–Kier alpha value is -3.42. The molecule has 138 valence electrons. The van der Waals surface area contributed by atoms with Crippen LogP contribution in [-0.4, -0.2) is 23.2 Å². The van der Waals surface area contributed by atoms with Crippen LogP contribution in [0.1, 0.15) is 5.82 Å². The van der Waals surface area contributed by atoms with Gasteiger partial charge in [-0.25, -0.2) is 18.7 Å². The van der Waals surface area contributed by atoms with Crippen LogP contribution in [0.2, 0.25) is 0 Å². The van der Waals surface area contributed by atoms with E-state index in [2.05, 4.69) is 20.6 Å². The molecule has 27 heavy (non-hydrogen) atoms. The minimum absolute atomic E-state index is 0.386. The first-order valence-corrected chi connectivity index (χ1v) is 8.31. The van der Waals surface area contributed by atoms with E-state index in [0.717, 1.165) is 17.8 Å². The number of hydrogen-bond acceptors (Lipinski definition) is 6. The van der Waals surface area contributed by atoms with E-state index in [4.69, 9.17) is 9.47 Å². The Morgan fingerprint density at radius 2 is 1.41 bits per heavy atom. The third kappa shape index (κ3) is 3.89. The summed E-state index contributed by atoms with van der Waals surface area (Å²) in [7, 11) is 0. The average molecular weight is 370 g/mol. The third-order valence-corrected chi connectivity index (χ3v) is 3.84. The zero-order chi connectivity index (χ0) is 18.8. The minimum Gasteiger partial charge on any atom is -0.486 e. The molecule has 0 unspecified atom stereocenters. The monoisotopic (exact) mass is 370 g/mol. The summed E-state index contributed by atoms with van der Waals surface area (Å²) in [6.45, 7) is 2.78. The van der Waals surface area contributed by atoms with E-state index in [0.29, 0.717) is 47.9 Å². The lowest BCUT2D eigenvalue weighted by molar-refractivity contribution is 0.171. The van der Waals surface area contributed by atoms with Crippen molar-refractivity contribution in [2.75, 3.05) is 23.8 Å². The summed E-state index contributed by atoms with van der Waals surface area (Å²) < 4.78 is 37.5. The van der Waals surface area contributed by atoms with Gasteiger partial charge in [0.05, 0.1) is 0 Å². The van der Waals surface area contributed by atoms with Crippen LogP contribution in [0.15, 0.2) is 42.5 Å². The van der Waals surface area contributed by atoms with Gasteiger partial charge in [-0.3, -0.25) is 0 Å². The quantitative estimate of drug-likeness (QED) is 0.713. The maximum atomic E-state index is 13.4. The van der Waals surface area contributed by atoms with Crippen molar-refractivity contribution in [2.45, 2.75) is 6.92 Å². The molecule has 0 saturated heterocycles. The molecule has 1 aromatic heterocycles. The van der Waals surface area contributed by atoms with Crippen molar-refractivity contribution in [2.24, 2.45) is 0 Å². The number of halogens is 2. The first kappa shape index (κ1) is 17.0. The van der Waals surface area contributed by atoms with Crippen molar-refractivity contribution >= 4 is 23.0 Å². The van der Waals surface area contributed by atoms with Gasteiger partial charge in [-0.1, -0.05) is 0 Å². The smallest absolute Gasteiger partial charge is 0.163 e. The van der Waals surface area contributed by atoms with E-state index in [1.54, 1.807) is 13.0 Å². The van der Waals surface area contributed by atoms with Crippen LogP contribution < -0.4 is 20.1 Å². The molecule has 2 heterocycles. The molecular formula is C19H16F2N4O2. The van der Waals surface area contributed by atoms with Gasteiger partial charge in [-0.05, 0) is 31.2 Å². The van der Waals surface area contributed by atoms with Gasteiger partial charge >= 0.3 is 0 Å². The van der Waals surface area contributed by atoms with Gasteiger partial charge in [0, 0.05) is 29.6 Å². The molecule has 2 N–H and O–H groups in total. The second-order valence-electron chi connectivity index (χ2n) is 5.92. The van der Waals surface area contributed by atoms with E-state index in [9.17, 15) is 8.78 Å². The van der Waals surface area contributed by atoms with Gasteiger partial charge in [-0.15, -0.1) is 0 Å². The molecular weight excluding hydrogens is 354 g/mol. The molecule has 3 aromatic rings. The molecule has 2 aromatic carbocycles. The summed E-state index contributed by atoms with van der Waals surface area (Å²) in [5.74, 6) is 1.05. The average Bonchev–Trinajstić information content (AvgIpc) is 2.64. The van der Waals surface area contributed by atoms with Crippen LogP contribution in [0, 0.1) is 18.6 Å². The Labute approximate surface area is 154 Å². The fraction of sp³-hybridized carbons (Fsp3) is 0.158. The van der Waals surface area contributed by atoms with Gasteiger partial charge in [0.15, 0.2) is 23.1 Å². The van der Waals surface area contributed by atoms with E-state index in [1.807, 2.05) is 18.2 Å². The van der Waals surface area contributed by atoms with E-state index < -0.39 is 11.6 Å². The molecule has 0 radical (unpaired) electrons. The molecule has 0 spiro atoms. The maximum Gasteiger partial charge on any atom is 0.163 e. The van der Waals surface area contributed by atoms with Crippen molar-refractivity contribution in [3.8, 4) is 11.5 Å². The number of nitrogens with one attached hydrogen (secondary N) is 2. The molecule has 0 amide bonds. The van der Waals surface area contributed by atoms with Crippen LogP contribution in [0.25, 0.3) is 0 Å². The fourth-order valence-corrected chi connectivity index (χ4v) is 2.69. The normalized spacial score (nSPS) is 12.6. The number of benzene rings is 2. The Morgan fingerprint density at radius 3 is 2.11 bits per heavy atom. The summed E-state index contributed by atoms with van der Waals surface area (Å²) in [4.78, 5) is 8.62. The van der Waals surface area contributed by atoms with Crippen molar-refractivity contribution < 1.29 is 18.3 Å². The van der Waals surface area contributed by atoms with Gasteiger partial charge in [-0.2, -0.15) is 0 Å². The summed E-state index contributed by atoms with van der Waals surface area (Å²) in [5.41, 5.74) is 1.16. The number of fused-ring (bicyclic) bond motifs is 1. The molecule has 1 aliphatic heterocycles. The van der Waals surface area contributed by atoms with Crippen molar-refractivity contribution in [3.63, 3.8) is 0 Å². The molecule has 1 aliphatic rings. The molecule has 4 rings (SSSR count). The Morgan fingerprint density at radius 1 is 0.778 bits per heavy atom. The zero-order valence-corrected chi connectivity index (χ0v) is 14.4. The SMILES string of the molecule is Cc1nc(Nc2ccc(F)c(F)c2)cc(Nc2ccc3c(c2)OCCO3)n1. The molecule has 0 atom stereocenters. The predicted molar refractivity (Wildman–Crippen MR) is 97.1 cm³/mol. The van der Waals surface area contributed by atoms with Gasteiger partial charge in [0.25, 0.3) is 0 Å². The zero-order valence-electron chi connectivity index (χ0n) is 14.4. The second-order valence-corrected chi connectivity index (χ2v) is 5.92. The highest BCUT2D eigenvalue weighted by molar-refractivity contribution is 5.65. The van der Waals surface area contributed by atoms with Crippen LogP contribution in [0.3, 0.4) is 0 Å². The van der Waals surface area contributed by atoms with E-state index in [1.165, 1.54) is 6.07 Å². The molecule has 0 bridgehead atoms. The number of anilines is 4. The molecule has 0 aliphatic carbocycles. The second kappa shape index (κ2) is 7.06. The molecule has 0 fully saturated rings. The summed E-state index contributed by atoms with van der Waals surface area (Å²) in [6.07, 6.45) is 0. The van der Waals surface area contributed by atoms with Crippen LogP contribution in [0.4, 0.5) is 31.8 Å². The minimum atomic E-state index is -0.930. The lowest BCUT2D eigenvalue weighted by Gasteiger charge is -2.19. The van der Waals surface area contributed by atoms with Crippen molar-refractivity contribution in [1.29, 1.82) is 0 Å². The predicted octanol–water partition coefficient (Wildman–Crippen LogP) is 4.32. The highest BCUT2D eigenvalue weighted by Crippen LogP contribution is 2.33. The Kier molecular flexibility index (Phi) is 4.45. The molecule has 6 nitrogen and oxygen atoms in total. The number of ether oxygens (including phenoxy) is 2. The standard InChI is InChI=1S/C19H16F2N4O2/c1-11-22-18(24-12-2-4-14(20)15(21)8-12)10-19(23-11)25-13-3-5-16-17(9-13)27-7-6-26-16/h2-5,8-10H,6-7H2,1H3,(H2,22,23,24,25). The summed E-state index contributed by atoms with van der Waals surface area (Å²) >= 11 is 0. The van der Waals surface area contributed by atoms with E-state index in [-0.39, 0.29) is 0 Å². The van der Waals surface area contributed by atoms with Gasteiger partial charge in [0.2, 0.25) is 0 Å². The Bertz CT molecular complexity index is 997. The third-order valence-electron chi connectivity index (χ3n) is 3.84. The Balaban J connectivity index is 1.56. The summed E-state index contributed by atoms with van der Waals surface area (Å²) in [6, 6.07) is 10.7. The molecule has 0 saturated carbocycles. The lowest BCUT2D eigenvalue weighted by atomic mass is 10.2. The highest BCUT2D eigenvalue weighted by atomic mass is 19.2. The number of rotatable bonds is 4. The fourth-order valence-electron chi connectivity index (χ4n) is 2.69. The van der Waals surface area contributed by atoms with Crippen molar-refractivity contribution in [1.82, 2.24) is 9.97 Å². The first-order valence-electron chi connectivity index (χ1n) is 8.31. The van der Waals surface area contributed by atoms with Gasteiger partial charge < -0.3 is 20.1 Å². The van der Waals surface area contributed by atoms with E-state index >= 15 is 0 Å². The first-order chi connectivity index (χ1) is 13.1. The van der Waals surface area contributed by atoms with Crippen LogP contribution >= 0.6 is 0 Å². The topological polar surface area (TPSA) is 68.3 Å². The van der Waals surface area contributed by atoms with Crippen molar-refractivity contribution in [3.05, 3.63) is 59.9 Å². The van der Waals surface area contributed by atoms with Crippen LogP contribution in [-0.2, 0) is 0 Å². The number of nitrogens with zero attached hydrogens (tertiary/aromatic N) is 2. The number of aromatic nitrogens is 2. The van der Waals surface area contributed by atoms with Gasteiger partial charge in [0.1, 0.15) is 30.7 Å². The maximum absolute atomic E-state index is 13.4. The molecule has 8 heteroatoms. The number of aryl methyl sites for hydroxylation is 1. The largest absolute Gasteiger partial charge is 0.486 e. The van der Waals surface area contributed by atoms with Crippen LogP contribution in [0.5, 0.6) is 11.5 Å². The summed E-state index contributed by atoms with van der Waals surface area (Å²) in [5, 5.41) is 6.13. The highest BCUT2D eigenvalue weighted by Gasteiger charge is 2.12. The lowest BCUT2D eigenvalue weighted by Crippen LogP contribution is -2.15. The number of hydrogen-bond donors (Lipinski definition) is 2.